The van der Waals surface area contributed by atoms with Gasteiger partial charge in [0.1, 0.15) is 73.2 Å². The van der Waals surface area contributed by atoms with Crippen molar-refractivity contribution in [1.82, 2.24) is 5.32 Å². The highest BCUT2D eigenvalue weighted by molar-refractivity contribution is 5.76. The second-order valence-corrected chi connectivity index (χ2v) is 26.4. The molecule has 3 aliphatic rings. The summed E-state index contributed by atoms with van der Waals surface area (Å²) in [7, 11) is 0. The number of rotatable bonds is 57. The van der Waals surface area contributed by atoms with Gasteiger partial charge in [-0.1, -0.05) is 269 Å². The fourth-order valence-corrected chi connectivity index (χ4v) is 12.5. The molecule has 0 aromatic heterocycles. The highest BCUT2D eigenvalue weighted by atomic mass is 16.8. The summed E-state index contributed by atoms with van der Waals surface area (Å²) in [5.41, 5.74) is 0. The van der Waals surface area contributed by atoms with Gasteiger partial charge in [0.25, 0.3) is 0 Å². The third-order valence-corrected chi connectivity index (χ3v) is 18.4. The molecule has 0 aromatic rings. The van der Waals surface area contributed by atoms with Crippen LogP contribution < -0.4 is 5.32 Å². The topological polar surface area (TPSA) is 307 Å². The summed E-state index contributed by atoms with van der Waals surface area (Å²) in [6.45, 7) is 1.75. The number of ether oxygens (including phenoxy) is 6. The van der Waals surface area contributed by atoms with E-state index in [0.29, 0.717) is 12.8 Å². The number of amides is 1. The number of hydrogen-bond donors (Lipinski definition) is 12. The maximum Gasteiger partial charge on any atom is 0.220 e. The molecule has 0 radical (unpaired) electrons. The smallest absolute Gasteiger partial charge is 0.220 e. The molecule has 0 saturated carbocycles. The van der Waals surface area contributed by atoms with Crippen LogP contribution in [0.25, 0.3) is 0 Å². The number of carbonyl (C=O) groups excluding carboxylic acids is 1. The van der Waals surface area contributed by atoms with Gasteiger partial charge >= 0.3 is 0 Å². The van der Waals surface area contributed by atoms with E-state index in [-0.39, 0.29) is 18.9 Å². The predicted octanol–water partition coefficient (Wildman–Crippen LogP) is 10.4. The molecular formula is C72H133NO18. The molecule has 0 spiro atoms. The lowest BCUT2D eigenvalue weighted by molar-refractivity contribution is -0.379. The van der Waals surface area contributed by atoms with E-state index in [0.717, 1.165) is 44.9 Å². The number of hydrogen-bond acceptors (Lipinski definition) is 18. The van der Waals surface area contributed by atoms with Gasteiger partial charge in [0.15, 0.2) is 18.9 Å². The van der Waals surface area contributed by atoms with Crippen LogP contribution in [0.1, 0.15) is 284 Å². The molecule has 19 heteroatoms. The maximum absolute atomic E-state index is 13.4. The Hall–Kier alpha value is -1.99. The van der Waals surface area contributed by atoms with E-state index < -0.39 is 124 Å². The van der Waals surface area contributed by atoms with E-state index in [1.54, 1.807) is 6.08 Å². The molecule has 1 amide bonds. The zero-order valence-electron chi connectivity index (χ0n) is 56.6. The molecule has 17 unspecified atom stereocenters. The molecule has 0 aromatic carbocycles. The number of unbranched alkanes of at least 4 members (excludes halogenated alkanes) is 37. The van der Waals surface area contributed by atoms with Crippen LogP contribution in [-0.4, -0.2) is 193 Å². The van der Waals surface area contributed by atoms with Crippen LogP contribution in [0.4, 0.5) is 0 Å². The van der Waals surface area contributed by atoms with E-state index in [9.17, 15) is 61.0 Å². The van der Waals surface area contributed by atoms with Gasteiger partial charge in [0, 0.05) is 6.42 Å². The summed E-state index contributed by atoms with van der Waals surface area (Å²) in [4.78, 5) is 13.4. The summed E-state index contributed by atoms with van der Waals surface area (Å²) in [5, 5.41) is 121. The van der Waals surface area contributed by atoms with Crippen molar-refractivity contribution >= 4 is 5.91 Å². The molecule has 3 aliphatic heterocycles. The van der Waals surface area contributed by atoms with Gasteiger partial charge in [-0.05, 0) is 44.9 Å². The van der Waals surface area contributed by atoms with Crippen LogP contribution in [0.3, 0.4) is 0 Å². The second kappa shape index (κ2) is 54.1. The van der Waals surface area contributed by atoms with Crippen LogP contribution in [0, 0.1) is 0 Å². The molecule has 3 rings (SSSR count). The Labute approximate surface area is 549 Å². The number of aliphatic hydroxyl groups excluding tert-OH is 11. The third-order valence-electron chi connectivity index (χ3n) is 18.4. The average molecular weight is 1300 g/mol. The molecule has 3 fully saturated rings. The lowest BCUT2D eigenvalue weighted by Gasteiger charge is -2.48. The van der Waals surface area contributed by atoms with Crippen LogP contribution in [0.5, 0.6) is 0 Å². The third kappa shape index (κ3) is 35.7. The minimum absolute atomic E-state index is 0.236. The molecule has 19 nitrogen and oxygen atoms in total. The zero-order valence-corrected chi connectivity index (χ0v) is 56.6. The van der Waals surface area contributed by atoms with E-state index in [1.807, 2.05) is 6.08 Å². The monoisotopic (exact) mass is 1300 g/mol. The molecule has 3 heterocycles. The van der Waals surface area contributed by atoms with Gasteiger partial charge in [0.2, 0.25) is 5.91 Å². The fourth-order valence-electron chi connectivity index (χ4n) is 12.5. The molecule has 91 heavy (non-hydrogen) atoms. The SMILES string of the molecule is CCCCCCCCCCCCCC/C=C/CC/C=C/CC/C=C/C(O)C(COC1OC(CO)C(OC2OC(CO)C(OC3OC(CO)C(O)C(O)C3O)C(O)C2O)C(O)C1O)NC(=O)CCCCCCCCCCCCCCCCCCCCCCCCCC. The first kappa shape index (κ1) is 83.2. The lowest BCUT2D eigenvalue weighted by Crippen LogP contribution is -2.66. The Kier molecular flexibility index (Phi) is 49.5. The molecule has 17 atom stereocenters. The van der Waals surface area contributed by atoms with E-state index in [1.165, 1.54) is 205 Å². The Morgan fingerprint density at radius 1 is 0.385 bits per heavy atom. The summed E-state index contributed by atoms with van der Waals surface area (Å²) in [6.07, 6.45) is 37.0. The van der Waals surface area contributed by atoms with Gasteiger partial charge in [-0.25, -0.2) is 0 Å². The van der Waals surface area contributed by atoms with Gasteiger partial charge < -0.3 is 89.9 Å². The first-order valence-electron chi connectivity index (χ1n) is 36.7. The zero-order chi connectivity index (χ0) is 66.1. The standard InChI is InChI=1S/C72H133NO18/c1-3-5-7-9-11-13-15-17-19-21-23-25-27-28-30-32-34-36-38-40-42-44-46-48-50-60(78)73-55(56(77)49-47-45-43-41-39-37-35-33-31-29-26-24-22-20-18-16-14-12-10-8-6-4-2)54-86-70-66(84)63(81)68(58(52-75)88-70)91-72-67(85)64(82)69(59(53-76)89-72)90-71-65(83)62(80)61(79)57(51-74)87-71/h31,33,39,41,47,49,55-59,61-72,74-77,79-85H,3-30,32,34-38,40,42-46,48,50-54H2,1-2H3,(H,73,78)/b33-31+,41-39+,49-47+. The number of nitrogens with one attached hydrogen (secondary N) is 1. The van der Waals surface area contributed by atoms with Crippen molar-refractivity contribution in [1.29, 1.82) is 0 Å². The van der Waals surface area contributed by atoms with Gasteiger partial charge in [-0.15, -0.1) is 0 Å². The van der Waals surface area contributed by atoms with E-state index in [2.05, 4.69) is 43.5 Å². The van der Waals surface area contributed by atoms with Crippen LogP contribution >= 0.6 is 0 Å². The van der Waals surface area contributed by atoms with Crippen molar-refractivity contribution in [2.24, 2.45) is 0 Å². The van der Waals surface area contributed by atoms with E-state index >= 15 is 0 Å². The minimum Gasteiger partial charge on any atom is -0.394 e. The maximum atomic E-state index is 13.4. The summed E-state index contributed by atoms with van der Waals surface area (Å²) in [5.74, 6) is -0.284. The van der Waals surface area contributed by atoms with Crippen LogP contribution in [0.15, 0.2) is 36.5 Å². The largest absolute Gasteiger partial charge is 0.394 e. The molecule has 3 saturated heterocycles. The van der Waals surface area contributed by atoms with Crippen molar-refractivity contribution in [3.8, 4) is 0 Å². The van der Waals surface area contributed by atoms with Gasteiger partial charge in [-0.3, -0.25) is 4.79 Å². The molecule has 534 valence electrons. The highest BCUT2D eigenvalue weighted by Crippen LogP contribution is 2.33. The first-order chi connectivity index (χ1) is 44.3. The van der Waals surface area contributed by atoms with Gasteiger partial charge in [-0.2, -0.15) is 0 Å². The van der Waals surface area contributed by atoms with Crippen molar-refractivity contribution < 1.29 is 89.4 Å². The van der Waals surface area contributed by atoms with Crippen molar-refractivity contribution in [3.63, 3.8) is 0 Å². The molecule has 0 aliphatic carbocycles. The second-order valence-electron chi connectivity index (χ2n) is 26.4. The van der Waals surface area contributed by atoms with Gasteiger partial charge in [0.05, 0.1) is 38.6 Å². The molecule has 12 N–H and O–H groups in total. The quantitative estimate of drug-likeness (QED) is 0.0199. The summed E-state index contributed by atoms with van der Waals surface area (Å²) >= 11 is 0. The number of allylic oxidation sites excluding steroid dienone is 5. The highest BCUT2D eigenvalue weighted by Gasteiger charge is 2.53. The Morgan fingerprint density at radius 2 is 0.703 bits per heavy atom. The Bertz CT molecular complexity index is 1790. The lowest BCUT2D eigenvalue weighted by atomic mass is 9.96. The summed E-state index contributed by atoms with van der Waals surface area (Å²) in [6, 6.07) is -0.995. The van der Waals surface area contributed by atoms with Crippen molar-refractivity contribution in [2.75, 3.05) is 26.4 Å². The van der Waals surface area contributed by atoms with Crippen molar-refractivity contribution in [2.45, 2.75) is 388 Å². The molecular weight excluding hydrogens is 1170 g/mol. The normalized spacial score (nSPS) is 28.0. The average Bonchev–Trinajstić information content (AvgIpc) is 0.884. The Morgan fingerprint density at radius 3 is 1.10 bits per heavy atom. The van der Waals surface area contributed by atoms with Crippen LogP contribution in [-0.2, 0) is 33.2 Å². The number of carbonyl (C=O) groups is 1. The predicted molar refractivity (Wildman–Crippen MR) is 356 cm³/mol. The fraction of sp³-hybridized carbons (Fsp3) is 0.903. The minimum atomic E-state index is -1.98. The first-order valence-corrected chi connectivity index (χ1v) is 36.7. The van der Waals surface area contributed by atoms with Crippen LogP contribution in [0.2, 0.25) is 0 Å². The number of aliphatic hydroxyl groups is 11. The van der Waals surface area contributed by atoms with Crippen molar-refractivity contribution in [3.05, 3.63) is 36.5 Å². The Balaban J connectivity index is 1.44. The van der Waals surface area contributed by atoms with E-state index in [4.69, 9.17) is 28.4 Å². The summed E-state index contributed by atoms with van der Waals surface area (Å²) < 4.78 is 34.4. The molecule has 0 bridgehead atoms.